The number of aromatic nitrogens is 2. The molecule has 0 unspecified atom stereocenters. The Hall–Kier alpha value is -2.95. The van der Waals surface area contributed by atoms with Gasteiger partial charge in [-0.05, 0) is 49.2 Å². The zero-order chi connectivity index (χ0) is 15.9. The van der Waals surface area contributed by atoms with E-state index >= 15 is 0 Å². The normalized spacial score (nSPS) is 10.8. The Balaban J connectivity index is 2.21. The molecule has 0 radical (unpaired) electrons. The number of H-pyrrole nitrogens is 1. The molecule has 0 spiro atoms. The van der Waals surface area contributed by atoms with Crippen LogP contribution in [0.1, 0.15) is 21.7 Å². The number of benzene rings is 1. The summed E-state index contributed by atoms with van der Waals surface area (Å²) in [4.78, 5) is 30.3. The minimum Gasteiger partial charge on any atom is -0.477 e. The average Bonchev–Trinajstić information content (AvgIpc) is 2.45. The molecule has 0 saturated heterocycles. The van der Waals surface area contributed by atoms with E-state index in [0.717, 1.165) is 22.5 Å². The number of hydrogen-bond acceptors (Lipinski definition) is 3. The fraction of sp³-hybridized carbons (Fsp3) is 0.118. The molecular weight excluding hydrogens is 280 g/mol. The lowest BCUT2D eigenvalue weighted by Gasteiger charge is -2.07. The van der Waals surface area contributed by atoms with Gasteiger partial charge in [-0.1, -0.05) is 6.07 Å². The van der Waals surface area contributed by atoms with Crippen molar-refractivity contribution in [2.75, 3.05) is 0 Å². The van der Waals surface area contributed by atoms with Crippen molar-refractivity contribution in [3.8, 4) is 11.1 Å². The maximum Gasteiger partial charge on any atom is 0.341 e. The second-order valence-electron chi connectivity index (χ2n) is 5.24. The van der Waals surface area contributed by atoms with Gasteiger partial charge in [0, 0.05) is 28.5 Å². The Morgan fingerprint density at radius 3 is 2.41 bits per heavy atom. The summed E-state index contributed by atoms with van der Waals surface area (Å²) in [5.74, 6) is -1.23. The van der Waals surface area contributed by atoms with E-state index in [4.69, 9.17) is 5.11 Å². The Kier molecular flexibility index (Phi) is 3.25. The van der Waals surface area contributed by atoms with Gasteiger partial charge in [-0.2, -0.15) is 0 Å². The van der Waals surface area contributed by atoms with Crippen LogP contribution < -0.4 is 5.43 Å². The highest BCUT2D eigenvalue weighted by molar-refractivity contribution is 5.93. The molecule has 3 aromatic rings. The molecule has 2 heterocycles. The SMILES string of the molecule is Cc1cc(-c2ccc3c(=O)c(C(=O)O)c[nH]c3c2)cc(C)n1. The van der Waals surface area contributed by atoms with E-state index in [0.29, 0.717) is 10.9 Å². The molecule has 0 aliphatic carbocycles. The predicted octanol–water partition coefficient (Wildman–Crippen LogP) is 2.91. The molecule has 0 aliphatic rings. The van der Waals surface area contributed by atoms with Crippen molar-refractivity contribution < 1.29 is 9.90 Å². The number of aryl methyl sites for hydroxylation is 2. The van der Waals surface area contributed by atoms with E-state index in [1.807, 2.05) is 38.1 Å². The smallest absolute Gasteiger partial charge is 0.341 e. The van der Waals surface area contributed by atoms with E-state index in [9.17, 15) is 9.59 Å². The summed E-state index contributed by atoms with van der Waals surface area (Å²) in [5, 5.41) is 9.36. The molecule has 2 aromatic heterocycles. The Bertz CT molecular complexity index is 938. The van der Waals surface area contributed by atoms with E-state index in [1.54, 1.807) is 6.07 Å². The molecule has 0 amide bonds. The van der Waals surface area contributed by atoms with Crippen molar-refractivity contribution in [2.24, 2.45) is 0 Å². The standard InChI is InChI=1S/C17H14N2O3/c1-9-5-12(6-10(2)19-9)11-3-4-13-15(7-11)18-8-14(16(13)20)17(21)22/h3-8H,1-2H3,(H,18,20)(H,21,22). The van der Waals surface area contributed by atoms with Gasteiger partial charge < -0.3 is 10.1 Å². The lowest BCUT2D eigenvalue weighted by Crippen LogP contribution is -2.15. The maximum absolute atomic E-state index is 12.1. The Morgan fingerprint density at radius 2 is 1.77 bits per heavy atom. The van der Waals surface area contributed by atoms with E-state index in [-0.39, 0.29) is 5.56 Å². The number of pyridine rings is 2. The van der Waals surface area contributed by atoms with Crippen LogP contribution in [0.3, 0.4) is 0 Å². The lowest BCUT2D eigenvalue weighted by molar-refractivity contribution is 0.0695. The number of hydrogen-bond donors (Lipinski definition) is 2. The molecule has 0 fully saturated rings. The number of carboxylic acids is 1. The highest BCUT2D eigenvalue weighted by atomic mass is 16.4. The molecule has 110 valence electrons. The van der Waals surface area contributed by atoms with Gasteiger partial charge in [0.1, 0.15) is 5.56 Å². The molecule has 0 atom stereocenters. The first-order chi connectivity index (χ1) is 10.5. The third-order valence-electron chi connectivity index (χ3n) is 3.53. The van der Waals surface area contributed by atoms with Crippen LogP contribution in [-0.2, 0) is 0 Å². The molecule has 2 N–H and O–H groups in total. The van der Waals surface area contributed by atoms with Crippen molar-refractivity contribution in [3.05, 3.63) is 63.7 Å². The molecule has 5 nitrogen and oxygen atoms in total. The van der Waals surface area contributed by atoms with Crippen molar-refractivity contribution in [2.45, 2.75) is 13.8 Å². The van der Waals surface area contributed by atoms with Gasteiger partial charge >= 0.3 is 5.97 Å². The summed E-state index contributed by atoms with van der Waals surface area (Å²) in [5.41, 5.74) is 3.68. The van der Waals surface area contributed by atoms with Gasteiger partial charge in [-0.15, -0.1) is 0 Å². The predicted molar refractivity (Wildman–Crippen MR) is 84.2 cm³/mol. The number of carbonyl (C=O) groups is 1. The number of carboxylic acid groups (broad SMARTS) is 1. The fourth-order valence-corrected chi connectivity index (χ4v) is 2.56. The molecule has 0 bridgehead atoms. The fourth-order valence-electron chi connectivity index (χ4n) is 2.56. The Labute approximate surface area is 126 Å². The van der Waals surface area contributed by atoms with Crippen LogP contribution in [0.25, 0.3) is 22.0 Å². The summed E-state index contributed by atoms with van der Waals surface area (Å²) in [7, 11) is 0. The summed E-state index contributed by atoms with van der Waals surface area (Å²) in [6.07, 6.45) is 1.24. The van der Waals surface area contributed by atoms with Crippen molar-refractivity contribution >= 4 is 16.9 Å². The summed E-state index contributed by atoms with van der Waals surface area (Å²) in [6.45, 7) is 3.86. The molecule has 22 heavy (non-hydrogen) atoms. The van der Waals surface area contributed by atoms with Gasteiger partial charge in [-0.3, -0.25) is 9.78 Å². The van der Waals surface area contributed by atoms with Gasteiger partial charge in [0.25, 0.3) is 0 Å². The summed E-state index contributed by atoms with van der Waals surface area (Å²) < 4.78 is 0. The van der Waals surface area contributed by atoms with Crippen molar-refractivity contribution in [1.29, 1.82) is 0 Å². The summed E-state index contributed by atoms with van der Waals surface area (Å²) >= 11 is 0. The zero-order valence-corrected chi connectivity index (χ0v) is 12.2. The van der Waals surface area contributed by atoms with Crippen LogP contribution in [0.2, 0.25) is 0 Å². The van der Waals surface area contributed by atoms with Crippen LogP contribution in [0.5, 0.6) is 0 Å². The second kappa shape index (κ2) is 5.11. The molecular formula is C17H14N2O3. The van der Waals surface area contributed by atoms with E-state index in [1.165, 1.54) is 6.20 Å². The molecule has 0 saturated carbocycles. The minimum atomic E-state index is -1.23. The van der Waals surface area contributed by atoms with Crippen LogP contribution in [-0.4, -0.2) is 21.0 Å². The first-order valence-corrected chi connectivity index (χ1v) is 6.80. The second-order valence-corrected chi connectivity index (χ2v) is 5.24. The third kappa shape index (κ3) is 2.37. The quantitative estimate of drug-likeness (QED) is 0.761. The zero-order valence-electron chi connectivity index (χ0n) is 12.2. The van der Waals surface area contributed by atoms with Crippen molar-refractivity contribution in [3.63, 3.8) is 0 Å². The number of nitrogens with zero attached hydrogens (tertiary/aromatic N) is 1. The minimum absolute atomic E-state index is 0.254. The molecule has 1 aromatic carbocycles. The van der Waals surface area contributed by atoms with Crippen LogP contribution in [0.15, 0.2) is 41.3 Å². The van der Waals surface area contributed by atoms with Gasteiger partial charge in [0.15, 0.2) is 0 Å². The molecule has 5 heteroatoms. The largest absolute Gasteiger partial charge is 0.477 e. The number of aromatic carboxylic acids is 1. The monoisotopic (exact) mass is 294 g/mol. The molecule has 0 aliphatic heterocycles. The number of rotatable bonds is 2. The van der Waals surface area contributed by atoms with Crippen LogP contribution in [0, 0.1) is 13.8 Å². The maximum atomic E-state index is 12.1. The van der Waals surface area contributed by atoms with Crippen LogP contribution >= 0.6 is 0 Å². The number of aromatic amines is 1. The van der Waals surface area contributed by atoms with Gasteiger partial charge in [-0.25, -0.2) is 4.79 Å². The van der Waals surface area contributed by atoms with Crippen molar-refractivity contribution in [1.82, 2.24) is 9.97 Å². The first-order valence-electron chi connectivity index (χ1n) is 6.80. The molecule has 3 rings (SSSR count). The highest BCUT2D eigenvalue weighted by Gasteiger charge is 2.12. The summed E-state index contributed by atoms with van der Waals surface area (Å²) in [6, 6.07) is 9.25. The lowest BCUT2D eigenvalue weighted by atomic mass is 10.0. The number of fused-ring (bicyclic) bond motifs is 1. The van der Waals surface area contributed by atoms with Crippen LogP contribution in [0.4, 0.5) is 0 Å². The van der Waals surface area contributed by atoms with E-state index in [2.05, 4.69) is 9.97 Å². The van der Waals surface area contributed by atoms with E-state index < -0.39 is 11.4 Å². The van der Waals surface area contributed by atoms with Gasteiger partial charge in [0.2, 0.25) is 5.43 Å². The average molecular weight is 294 g/mol. The highest BCUT2D eigenvalue weighted by Crippen LogP contribution is 2.23. The third-order valence-corrected chi connectivity index (χ3v) is 3.53. The number of nitrogens with one attached hydrogen (secondary N) is 1. The first kappa shape index (κ1) is 14.0. The topological polar surface area (TPSA) is 83.0 Å². The Morgan fingerprint density at radius 1 is 1.09 bits per heavy atom. The van der Waals surface area contributed by atoms with Gasteiger partial charge in [0.05, 0.1) is 0 Å².